The number of nitro groups is 1. The van der Waals surface area contributed by atoms with E-state index in [-0.39, 0.29) is 23.9 Å². The van der Waals surface area contributed by atoms with E-state index in [1.54, 1.807) is 11.0 Å². The number of nitrogens with zero attached hydrogens (tertiary/aromatic N) is 4. The zero-order valence-corrected chi connectivity index (χ0v) is 21.0. The Labute approximate surface area is 218 Å². The standard InChI is InChI=1S/C25H31F3N6O4/c1-2-29-24(35)33-14-12-32(13-15-33)22-4-3-5-23(31-22)38-19-9-6-17(7-10-19)30-18-8-11-21(34(36)37)20(16-18)25(26,27)28/h3-5,8,11,16-17,19,30H,2,6-7,9-10,12-15H2,1H3,(H,29,35). The lowest BCUT2D eigenvalue weighted by atomic mass is 9.92. The molecule has 38 heavy (non-hydrogen) atoms. The van der Waals surface area contributed by atoms with Crippen LogP contribution < -0.4 is 20.3 Å². The van der Waals surface area contributed by atoms with E-state index < -0.39 is 22.4 Å². The second-order valence-corrected chi connectivity index (χ2v) is 9.37. The number of nitrogens with one attached hydrogen (secondary N) is 2. The van der Waals surface area contributed by atoms with E-state index in [0.717, 1.165) is 18.0 Å². The molecule has 1 aliphatic heterocycles. The van der Waals surface area contributed by atoms with Crippen molar-refractivity contribution in [1.29, 1.82) is 0 Å². The molecule has 0 spiro atoms. The number of nitro benzene ring substituents is 1. The van der Waals surface area contributed by atoms with E-state index in [1.807, 2.05) is 19.1 Å². The van der Waals surface area contributed by atoms with Gasteiger partial charge < -0.3 is 25.2 Å². The summed E-state index contributed by atoms with van der Waals surface area (Å²) < 4.78 is 45.9. The third-order valence-electron chi connectivity index (χ3n) is 6.76. The van der Waals surface area contributed by atoms with E-state index in [2.05, 4.69) is 20.5 Å². The van der Waals surface area contributed by atoms with Crippen LogP contribution in [0.25, 0.3) is 0 Å². The fraction of sp³-hybridized carbons (Fsp3) is 0.520. The van der Waals surface area contributed by atoms with Gasteiger partial charge in [-0.05, 0) is 50.8 Å². The number of hydrogen-bond acceptors (Lipinski definition) is 7. The maximum Gasteiger partial charge on any atom is 0.423 e. The van der Waals surface area contributed by atoms with E-state index in [1.165, 1.54) is 6.07 Å². The Morgan fingerprint density at radius 2 is 1.84 bits per heavy atom. The molecular formula is C25H31F3N6O4. The van der Waals surface area contributed by atoms with Crippen molar-refractivity contribution >= 4 is 23.2 Å². The van der Waals surface area contributed by atoms with Gasteiger partial charge in [-0.25, -0.2) is 4.79 Å². The number of piperazine rings is 1. The molecule has 2 heterocycles. The summed E-state index contributed by atoms with van der Waals surface area (Å²) in [6, 6.07) is 8.46. The van der Waals surface area contributed by atoms with Crippen LogP contribution in [0.3, 0.4) is 0 Å². The Bertz CT molecular complexity index is 1130. The maximum absolute atomic E-state index is 13.3. The molecule has 2 aromatic rings. The Morgan fingerprint density at radius 3 is 2.47 bits per heavy atom. The lowest BCUT2D eigenvalue weighted by Crippen LogP contribution is -2.52. The molecule has 1 aromatic heterocycles. The molecular weight excluding hydrogens is 505 g/mol. The van der Waals surface area contributed by atoms with Gasteiger partial charge in [-0.3, -0.25) is 10.1 Å². The molecule has 2 fully saturated rings. The molecule has 4 rings (SSSR count). The quantitative estimate of drug-likeness (QED) is 0.391. The first-order chi connectivity index (χ1) is 18.1. The van der Waals surface area contributed by atoms with Crippen LogP contribution in [0.1, 0.15) is 38.2 Å². The lowest BCUT2D eigenvalue weighted by Gasteiger charge is -2.35. The number of hydrogen-bond donors (Lipinski definition) is 2. The highest BCUT2D eigenvalue weighted by Gasteiger charge is 2.38. The second-order valence-electron chi connectivity index (χ2n) is 9.37. The minimum Gasteiger partial charge on any atom is -0.474 e. The average molecular weight is 537 g/mol. The first kappa shape index (κ1) is 27.3. The number of benzene rings is 1. The number of carbonyl (C=O) groups excluding carboxylic acids is 1. The average Bonchev–Trinajstić information content (AvgIpc) is 2.89. The topological polar surface area (TPSA) is 113 Å². The summed E-state index contributed by atoms with van der Waals surface area (Å²) in [4.78, 5) is 30.5. The monoisotopic (exact) mass is 536 g/mol. The zero-order valence-electron chi connectivity index (χ0n) is 21.0. The highest BCUT2D eigenvalue weighted by atomic mass is 19.4. The molecule has 0 unspecified atom stereocenters. The Hall–Kier alpha value is -3.77. The number of rotatable bonds is 7. The predicted molar refractivity (Wildman–Crippen MR) is 135 cm³/mol. The van der Waals surface area contributed by atoms with Crippen molar-refractivity contribution in [3.05, 3.63) is 52.1 Å². The van der Waals surface area contributed by atoms with Crippen molar-refractivity contribution in [2.75, 3.05) is 42.9 Å². The van der Waals surface area contributed by atoms with Gasteiger partial charge in [0.25, 0.3) is 5.69 Å². The highest BCUT2D eigenvalue weighted by Crippen LogP contribution is 2.38. The molecule has 2 N–H and O–H groups in total. The van der Waals surface area contributed by atoms with Gasteiger partial charge in [0.2, 0.25) is 5.88 Å². The number of amides is 2. The first-order valence-electron chi connectivity index (χ1n) is 12.7. The van der Waals surface area contributed by atoms with Gasteiger partial charge in [0.15, 0.2) is 0 Å². The fourth-order valence-electron chi connectivity index (χ4n) is 4.79. The van der Waals surface area contributed by atoms with Crippen LogP contribution >= 0.6 is 0 Å². The molecule has 1 aliphatic carbocycles. The fourth-order valence-corrected chi connectivity index (χ4v) is 4.79. The number of alkyl halides is 3. The number of ether oxygens (including phenoxy) is 1. The van der Waals surface area contributed by atoms with Crippen molar-refractivity contribution in [3.63, 3.8) is 0 Å². The number of pyridine rings is 1. The molecule has 206 valence electrons. The summed E-state index contributed by atoms with van der Waals surface area (Å²) in [7, 11) is 0. The lowest BCUT2D eigenvalue weighted by molar-refractivity contribution is -0.388. The molecule has 0 atom stereocenters. The zero-order chi connectivity index (χ0) is 27.3. The van der Waals surface area contributed by atoms with Crippen LogP contribution in [0, 0.1) is 10.1 Å². The predicted octanol–water partition coefficient (Wildman–Crippen LogP) is 4.66. The summed E-state index contributed by atoms with van der Waals surface area (Å²) in [6.07, 6.45) is -2.17. The van der Waals surface area contributed by atoms with Crippen LogP contribution in [0.4, 0.5) is 35.2 Å². The molecule has 1 aromatic carbocycles. The van der Waals surface area contributed by atoms with E-state index >= 15 is 0 Å². The number of aromatic nitrogens is 1. The van der Waals surface area contributed by atoms with Crippen LogP contribution in [0.2, 0.25) is 0 Å². The van der Waals surface area contributed by atoms with E-state index in [9.17, 15) is 28.1 Å². The van der Waals surface area contributed by atoms with Gasteiger partial charge in [0.05, 0.1) is 4.92 Å². The molecule has 1 saturated heterocycles. The summed E-state index contributed by atoms with van der Waals surface area (Å²) in [6.45, 7) is 5.03. The van der Waals surface area contributed by atoms with Crippen molar-refractivity contribution in [2.45, 2.75) is 50.9 Å². The van der Waals surface area contributed by atoms with Crippen LogP contribution in [-0.4, -0.2) is 65.7 Å². The van der Waals surface area contributed by atoms with Crippen molar-refractivity contribution in [2.24, 2.45) is 0 Å². The van der Waals surface area contributed by atoms with Crippen molar-refractivity contribution < 1.29 is 27.6 Å². The molecule has 13 heteroatoms. The Balaban J connectivity index is 1.29. The second kappa shape index (κ2) is 11.7. The third-order valence-corrected chi connectivity index (χ3v) is 6.76. The SMILES string of the molecule is CCNC(=O)N1CCN(c2cccc(OC3CCC(Nc4ccc([N+](=O)[O-])c(C(F)(F)F)c4)CC3)n2)CC1. The number of urea groups is 1. The normalized spacial score (nSPS) is 20.1. The molecule has 1 saturated carbocycles. The minimum absolute atomic E-state index is 0.0587. The number of anilines is 2. The van der Waals surface area contributed by atoms with Crippen LogP contribution in [0.5, 0.6) is 5.88 Å². The van der Waals surface area contributed by atoms with E-state index in [0.29, 0.717) is 64.3 Å². The minimum atomic E-state index is -4.82. The van der Waals surface area contributed by atoms with Gasteiger partial charge in [-0.1, -0.05) is 6.07 Å². The summed E-state index contributed by atoms with van der Waals surface area (Å²) >= 11 is 0. The number of halogens is 3. The first-order valence-corrected chi connectivity index (χ1v) is 12.7. The van der Waals surface area contributed by atoms with Crippen LogP contribution in [0.15, 0.2) is 36.4 Å². The molecule has 0 radical (unpaired) electrons. The van der Waals surface area contributed by atoms with Gasteiger partial charge >= 0.3 is 12.2 Å². The van der Waals surface area contributed by atoms with Crippen molar-refractivity contribution in [1.82, 2.24) is 15.2 Å². The van der Waals surface area contributed by atoms with Gasteiger partial charge in [0, 0.05) is 56.6 Å². The van der Waals surface area contributed by atoms with Crippen molar-refractivity contribution in [3.8, 4) is 5.88 Å². The largest absolute Gasteiger partial charge is 0.474 e. The van der Waals surface area contributed by atoms with E-state index in [4.69, 9.17) is 4.74 Å². The molecule has 2 amide bonds. The third kappa shape index (κ3) is 6.75. The molecule has 0 bridgehead atoms. The highest BCUT2D eigenvalue weighted by molar-refractivity contribution is 5.74. The molecule has 10 nitrogen and oxygen atoms in total. The van der Waals surface area contributed by atoms with Gasteiger partial charge in [-0.2, -0.15) is 18.2 Å². The van der Waals surface area contributed by atoms with Gasteiger partial charge in [-0.15, -0.1) is 0 Å². The summed E-state index contributed by atoms with van der Waals surface area (Å²) in [5.74, 6) is 1.29. The smallest absolute Gasteiger partial charge is 0.423 e. The Morgan fingerprint density at radius 1 is 1.13 bits per heavy atom. The molecule has 2 aliphatic rings. The van der Waals surface area contributed by atoms with Gasteiger partial charge in [0.1, 0.15) is 17.5 Å². The van der Waals surface area contributed by atoms with Crippen LogP contribution in [-0.2, 0) is 6.18 Å². The Kier molecular flexibility index (Phi) is 8.42. The summed E-state index contributed by atoms with van der Waals surface area (Å²) in [5, 5.41) is 16.9. The summed E-state index contributed by atoms with van der Waals surface area (Å²) in [5.41, 5.74) is -2.02. The maximum atomic E-state index is 13.3. The number of carbonyl (C=O) groups is 1.